The van der Waals surface area contributed by atoms with Gasteiger partial charge in [0.15, 0.2) is 5.82 Å². The molecule has 1 fully saturated rings. The molecule has 1 aliphatic rings. The minimum absolute atomic E-state index is 0.138. The van der Waals surface area contributed by atoms with Gasteiger partial charge in [0.1, 0.15) is 5.84 Å². The minimum atomic E-state index is -0.371. The summed E-state index contributed by atoms with van der Waals surface area (Å²) in [6, 6.07) is 3.34. The molecule has 1 aromatic rings. The highest BCUT2D eigenvalue weighted by molar-refractivity contribution is 9.10. The zero-order valence-electron chi connectivity index (χ0n) is 10.7. The average Bonchev–Trinajstić information content (AvgIpc) is 2.41. The first kappa shape index (κ1) is 14.3. The van der Waals surface area contributed by atoms with Crippen LogP contribution in [0.15, 0.2) is 16.6 Å². The van der Waals surface area contributed by atoms with Crippen molar-refractivity contribution in [2.24, 2.45) is 5.73 Å². The largest absolute Gasteiger partial charge is 0.384 e. The SMILES string of the molecule is CCC1CN(c2ccc(C(=N)N)c(Br)c2F)CCO1. The van der Waals surface area contributed by atoms with Crippen molar-refractivity contribution in [2.75, 3.05) is 24.6 Å². The zero-order valence-corrected chi connectivity index (χ0v) is 12.3. The van der Waals surface area contributed by atoms with Crippen LogP contribution < -0.4 is 10.6 Å². The Labute approximate surface area is 120 Å². The van der Waals surface area contributed by atoms with E-state index in [-0.39, 0.29) is 22.2 Å². The number of ether oxygens (including phenoxy) is 1. The third kappa shape index (κ3) is 2.90. The number of halogens is 2. The number of nitrogens with one attached hydrogen (secondary N) is 1. The van der Waals surface area contributed by atoms with Gasteiger partial charge in [0.25, 0.3) is 0 Å². The van der Waals surface area contributed by atoms with Crippen LogP contribution >= 0.6 is 15.9 Å². The lowest BCUT2D eigenvalue weighted by Crippen LogP contribution is -2.42. The standard InChI is InChI=1S/C13H17BrFN3O/c1-2-8-7-18(5-6-19-8)10-4-3-9(13(16)17)11(14)12(10)15/h3-4,8H,2,5-7H2,1H3,(H3,16,17). The maximum absolute atomic E-state index is 14.4. The molecule has 0 radical (unpaired) electrons. The van der Waals surface area contributed by atoms with E-state index in [1.807, 2.05) is 4.90 Å². The Morgan fingerprint density at radius 3 is 3.00 bits per heavy atom. The molecule has 1 saturated heterocycles. The number of benzene rings is 1. The van der Waals surface area contributed by atoms with Gasteiger partial charge < -0.3 is 15.4 Å². The molecule has 1 unspecified atom stereocenters. The van der Waals surface area contributed by atoms with Gasteiger partial charge in [-0.2, -0.15) is 0 Å². The predicted octanol–water partition coefficient (Wildman–Crippen LogP) is 2.49. The van der Waals surface area contributed by atoms with Crippen LogP contribution in [-0.2, 0) is 4.74 Å². The van der Waals surface area contributed by atoms with Crippen molar-refractivity contribution in [1.82, 2.24) is 0 Å². The Kier molecular flexibility index (Phi) is 4.42. The van der Waals surface area contributed by atoms with Crippen LogP contribution in [0.5, 0.6) is 0 Å². The van der Waals surface area contributed by atoms with E-state index < -0.39 is 0 Å². The quantitative estimate of drug-likeness (QED) is 0.661. The van der Waals surface area contributed by atoms with Crippen molar-refractivity contribution in [1.29, 1.82) is 5.41 Å². The topological polar surface area (TPSA) is 62.3 Å². The molecule has 2 rings (SSSR count). The summed E-state index contributed by atoms with van der Waals surface area (Å²) < 4.78 is 20.2. The van der Waals surface area contributed by atoms with Gasteiger partial charge in [-0.1, -0.05) is 6.92 Å². The third-order valence-corrected chi connectivity index (χ3v) is 4.06. The molecule has 19 heavy (non-hydrogen) atoms. The first-order valence-corrected chi connectivity index (χ1v) is 7.02. The lowest BCUT2D eigenvalue weighted by Gasteiger charge is -2.34. The number of rotatable bonds is 3. The summed E-state index contributed by atoms with van der Waals surface area (Å²) in [4.78, 5) is 1.97. The summed E-state index contributed by atoms with van der Waals surface area (Å²) in [7, 11) is 0. The monoisotopic (exact) mass is 329 g/mol. The highest BCUT2D eigenvalue weighted by atomic mass is 79.9. The fourth-order valence-electron chi connectivity index (χ4n) is 2.18. The Morgan fingerprint density at radius 1 is 1.63 bits per heavy atom. The first-order valence-electron chi connectivity index (χ1n) is 6.23. The Bertz CT molecular complexity index is 495. The number of nitrogens with zero attached hydrogens (tertiary/aromatic N) is 1. The van der Waals surface area contributed by atoms with Crippen molar-refractivity contribution < 1.29 is 9.13 Å². The van der Waals surface area contributed by atoms with Gasteiger partial charge in [-0.3, -0.25) is 5.41 Å². The second-order valence-electron chi connectivity index (χ2n) is 4.52. The lowest BCUT2D eigenvalue weighted by atomic mass is 10.1. The molecule has 0 aromatic heterocycles. The molecule has 104 valence electrons. The lowest BCUT2D eigenvalue weighted by molar-refractivity contribution is 0.0382. The van der Waals surface area contributed by atoms with Gasteiger partial charge in [0.2, 0.25) is 0 Å². The molecule has 3 N–H and O–H groups in total. The van der Waals surface area contributed by atoms with Gasteiger partial charge in [-0.25, -0.2) is 4.39 Å². The van der Waals surface area contributed by atoms with Gasteiger partial charge >= 0.3 is 0 Å². The van der Waals surface area contributed by atoms with Crippen molar-refractivity contribution in [3.63, 3.8) is 0 Å². The second-order valence-corrected chi connectivity index (χ2v) is 5.31. The predicted molar refractivity (Wildman–Crippen MR) is 77.4 cm³/mol. The summed E-state index contributed by atoms with van der Waals surface area (Å²) in [5.74, 6) is -0.518. The number of nitrogen functional groups attached to an aromatic ring is 1. The molecule has 1 aromatic carbocycles. The van der Waals surface area contributed by atoms with E-state index >= 15 is 0 Å². The molecule has 0 saturated carbocycles. The van der Waals surface area contributed by atoms with Gasteiger partial charge in [-0.15, -0.1) is 0 Å². The maximum Gasteiger partial charge on any atom is 0.161 e. The van der Waals surface area contributed by atoms with Crippen LogP contribution in [0.25, 0.3) is 0 Å². The highest BCUT2D eigenvalue weighted by Crippen LogP contribution is 2.30. The molecule has 0 bridgehead atoms. The molecule has 1 atom stereocenters. The van der Waals surface area contributed by atoms with E-state index in [1.165, 1.54) is 0 Å². The first-order chi connectivity index (χ1) is 9.04. The Hall–Kier alpha value is -1.14. The number of hydrogen-bond donors (Lipinski definition) is 2. The van der Waals surface area contributed by atoms with E-state index in [4.69, 9.17) is 15.9 Å². The number of hydrogen-bond acceptors (Lipinski definition) is 3. The molecule has 0 aliphatic carbocycles. The summed E-state index contributed by atoms with van der Waals surface area (Å²) in [5.41, 5.74) is 6.31. The molecule has 4 nitrogen and oxygen atoms in total. The molecule has 6 heteroatoms. The van der Waals surface area contributed by atoms with E-state index in [1.54, 1.807) is 12.1 Å². The van der Waals surface area contributed by atoms with Crippen LogP contribution in [0.4, 0.5) is 10.1 Å². The van der Waals surface area contributed by atoms with Crippen molar-refractivity contribution >= 4 is 27.5 Å². The summed E-state index contributed by atoms with van der Waals surface area (Å²) in [6.07, 6.45) is 1.05. The summed E-state index contributed by atoms with van der Waals surface area (Å²) in [5, 5.41) is 7.40. The number of nitrogens with two attached hydrogens (primary N) is 1. The molecular formula is C13H17BrFN3O. The third-order valence-electron chi connectivity index (χ3n) is 3.29. The smallest absolute Gasteiger partial charge is 0.161 e. The van der Waals surface area contributed by atoms with Crippen LogP contribution in [0.2, 0.25) is 0 Å². The van der Waals surface area contributed by atoms with Gasteiger partial charge in [-0.05, 0) is 34.5 Å². The Balaban J connectivity index is 2.30. The molecule has 0 amide bonds. The zero-order chi connectivity index (χ0) is 14.0. The Morgan fingerprint density at radius 2 is 2.37 bits per heavy atom. The van der Waals surface area contributed by atoms with E-state index in [0.29, 0.717) is 30.9 Å². The van der Waals surface area contributed by atoms with Crippen LogP contribution in [0.1, 0.15) is 18.9 Å². The second kappa shape index (κ2) is 5.88. The fourth-order valence-corrected chi connectivity index (χ4v) is 2.73. The van der Waals surface area contributed by atoms with Crippen molar-refractivity contribution in [2.45, 2.75) is 19.4 Å². The normalized spacial score (nSPS) is 19.5. The van der Waals surface area contributed by atoms with Crippen LogP contribution in [0.3, 0.4) is 0 Å². The highest BCUT2D eigenvalue weighted by Gasteiger charge is 2.23. The number of morpholine rings is 1. The van der Waals surface area contributed by atoms with Crippen LogP contribution in [-0.4, -0.2) is 31.6 Å². The maximum atomic E-state index is 14.4. The number of amidine groups is 1. The summed E-state index contributed by atoms with van der Waals surface area (Å²) >= 11 is 3.18. The van der Waals surface area contributed by atoms with Crippen molar-refractivity contribution in [3.8, 4) is 0 Å². The van der Waals surface area contributed by atoms with Gasteiger partial charge in [0, 0.05) is 18.7 Å². The van der Waals surface area contributed by atoms with Crippen molar-refractivity contribution in [3.05, 3.63) is 28.0 Å². The summed E-state index contributed by atoms with van der Waals surface area (Å²) in [6.45, 7) is 4.00. The van der Waals surface area contributed by atoms with E-state index in [2.05, 4.69) is 22.9 Å². The molecule has 1 aliphatic heterocycles. The van der Waals surface area contributed by atoms with Crippen LogP contribution in [0, 0.1) is 11.2 Å². The minimum Gasteiger partial charge on any atom is -0.384 e. The fraction of sp³-hybridized carbons (Fsp3) is 0.462. The van der Waals surface area contributed by atoms with E-state index in [0.717, 1.165) is 6.42 Å². The molecule has 0 spiro atoms. The molecular weight excluding hydrogens is 313 g/mol. The average molecular weight is 330 g/mol. The molecule has 1 heterocycles. The number of anilines is 1. The van der Waals surface area contributed by atoms with E-state index in [9.17, 15) is 4.39 Å². The van der Waals surface area contributed by atoms with Gasteiger partial charge in [0.05, 0.1) is 22.9 Å².